The van der Waals surface area contributed by atoms with E-state index < -0.39 is 12.4 Å². The second-order valence-corrected chi connectivity index (χ2v) is 7.60. The zero-order chi connectivity index (χ0) is 21.0. The van der Waals surface area contributed by atoms with Crippen LogP contribution in [0.2, 0.25) is 0 Å². The van der Waals surface area contributed by atoms with Crippen molar-refractivity contribution in [2.24, 2.45) is 0 Å². The first-order chi connectivity index (χ1) is 14.6. The Balaban J connectivity index is 1.68. The summed E-state index contributed by atoms with van der Waals surface area (Å²) in [5, 5.41) is 10.8. The number of nitrogens with zero attached hydrogens (tertiary/aromatic N) is 1. The largest absolute Gasteiger partial charge is 0.493 e. The Hall–Kier alpha value is -2.68. The molecule has 0 unspecified atom stereocenters. The minimum atomic E-state index is -1.12. The van der Waals surface area contributed by atoms with E-state index in [1.165, 1.54) is 0 Å². The normalized spacial score (nSPS) is 24.4. The minimum absolute atomic E-state index is 0.174. The number of ether oxygens (including phenoxy) is 6. The van der Waals surface area contributed by atoms with Crippen LogP contribution in [-0.2, 0) is 11.2 Å². The van der Waals surface area contributed by atoms with Crippen molar-refractivity contribution in [1.82, 2.24) is 4.90 Å². The average Bonchev–Trinajstić information content (AvgIpc) is 3.35. The monoisotopic (exact) mass is 415 g/mol. The summed E-state index contributed by atoms with van der Waals surface area (Å²) >= 11 is 0. The van der Waals surface area contributed by atoms with E-state index in [1.807, 2.05) is 25.2 Å². The van der Waals surface area contributed by atoms with Crippen LogP contribution in [0.1, 0.15) is 40.7 Å². The van der Waals surface area contributed by atoms with E-state index in [1.54, 1.807) is 21.3 Å². The third-order valence-corrected chi connectivity index (χ3v) is 6.19. The van der Waals surface area contributed by atoms with Crippen LogP contribution in [0.4, 0.5) is 0 Å². The van der Waals surface area contributed by atoms with Crippen molar-refractivity contribution in [2.45, 2.75) is 24.9 Å². The molecule has 3 atom stereocenters. The zero-order valence-electron chi connectivity index (χ0n) is 17.4. The number of aliphatic hydroxyl groups is 1. The van der Waals surface area contributed by atoms with Crippen molar-refractivity contribution >= 4 is 0 Å². The van der Waals surface area contributed by atoms with Crippen LogP contribution in [0.5, 0.6) is 28.7 Å². The van der Waals surface area contributed by atoms with E-state index in [4.69, 9.17) is 28.4 Å². The molecule has 0 fully saturated rings. The molecule has 0 amide bonds. The van der Waals surface area contributed by atoms with Crippen molar-refractivity contribution in [2.75, 3.05) is 41.7 Å². The van der Waals surface area contributed by atoms with Crippen molar-refractivity contribution < 1.29 is 33.5 Å². The van der Waals surface area contributed by atoms with Gasteiger partial charge in [-0.05, 0) is 36.7 Å². The second-order valence-electron chi connectivity index (χ2n) is 7.60. The molecule has 0 radical (unpaired) electrons. The van der Waals surface area contributed by atoms with Gasteiger partial charge in [0, 0.05) is 12.1 Å². The summed E-state index contributed by atoms with van der Waals surface area (Å²) in [7, 11) is 6.81. The van der Waals surface area contributed by atoms with E-state index in [-0.39, 0.29) is 12.8 Å². The van der Waals surface area contributed by atoms with Crippen LogP contribution in [0.25, 0.3) is 0 Å². The third-order valence-electron chi connectivity index (χ3n) is 6.19. The fourth-order valence-electron chi connectivity index (χ4n) is 4.84. The lowest BCUT2D eigenvalue weighted by atomic mass is 9.85. The molecule has 2 aromatic carbocycles. The molecular weight excluding hydrogens is 390 g/mol. The number of aliphatic hydroxyl groups excluding tert-OH is 1. The van der Waals surface area contributed by atoms with Gasteiger partial charge in [-0.3, -0.25) is 4.90 Å². The maximum atomic E-state index is 10.8. The minimum Gasteiger partial charge on any atom is -0.493 e. The predicted molar refractivity (Wildman–Crippen MR) is 107 cm³/mol. The first-order valence-electron chi connectivity index (χ1n) is 9.86. The Kier molecular flexibility index (Phi) is 4.65. The molecule has 2 aromatic rings. The molecule has 3 aliphatic heterocycles. The number of likely N-dealkylation sites (N-methyl/N-ethyl adjacent to an activating group) is 1. The summed E-state index contributed by atoms with van der Waals surface area (Å²) < 4.78 is 34.2. The van der Waals surface area contributed by atoms with E-state index in [0.29, 0.717) is 34.3 Å². The standard InChI is InChI=1S/C22H25NO7/c1-23-8-7-11-9-14-20(29-10-28-14)21(27-4)15(11)17(23)18-12-5-6-13(25-2)19(26-3)16(12)22(24)30-18/h5-6,9,17-18,22,24H,7-8,10H2,1-4H3/t17-,18+,22+/m1/s1. The number of hydrogen-bond acceptors (Lipinski definition) is 8. The van der Waals surface area contributed by atoms with Gasteiger partial charge in [-0.2, -0.15) is 0 Å². The van der Waals surface area contributed by atoms with Gasteiger partial charge in [0.2, 0.25) is 12.5 Å². The molecule has 0 saturated heterocycles. The van der Waals surface area contributed by atoms with E-state index in [9.17, 15) is 5.11 Å². The van der Waals surface area contributed by atoms with E-state index in [2.05, 4.69) is 4.90 Å². The second kappa shape index (κ2) is 7.23. The molecule has 160 valence electrons. The Bertz CT molecular complexity index is 992. The lowest BCUT2D eigenvalue weighted by Crippen LogP contribution is -2.36. The molecule has 0 aliphatic carbocycles. The van der Waals surface area contributed by atoms with Gasteiger partial charge in [-0.25, -0.2) is 0 Å². The van der Waals surface area contributed by atoms with Crippen molar-refractivity contribution in [1.29, 1.82) is 0 Å². The van der Waals surface area contributed by atoms with Crippen LogP contribution < -0.4 is 23.7 Å². The summed E-state index contributed by atoms with van der Waals surface area (Å²) in [5.41, 5.74) is 3.59. The first-order valence-corrected chi connectivity index (χ1v) is 9.86. The Morgan fingerprint density at radius 2 is 1.83 bits per heavy atom. The molecule has 0 spiro atoms. The van der Waals surface area contributed by atoms with Gasteiger partial charge in [-0.15, -0.1) is 0 Å². The molecule has 3 aliphatic rings. The summed E-state index contributed by atoms with van der Waals surface area (Å²) in [6.07, 6.45) is -0.689. The van der Waals surface area contributed by atoms with E-state index in [0.717, 1.165) is 29.7 Å². The fraction of sp³-hybridized carbons (Fsp3) is 0.455. The van der Waals surface area contributed by atoms with Crippen LogP contribution in [-0.4, -0.2) is 51.7 Å². The number of rotatable bonds is 4. The topological polar surface area (TPSA) is 78.9 Å². The third kappa shape index (κ3) is 2.64. The van der Waals surface area contributed by atoms with Crippen LogP contribution in [0.3, 0.4) is 0 Å². The quantitative estimate of drug-likeness (QED) is 0.817. The summed E-state index contributed by atoms with van der Waals surface area (Å²) in [6.45, 7) is 1.01. The molecular formula is C22H25NO7. The molecule has 0 aromatic heterocycles. The Labute approximate surface area is 174 Å². The highest BCUT2D eigenvalue weighted by Crippen LogP contribution is 2.57. The van der Waals surface area contributed by atoms with Gasteiger partial charge in [0.05, 0.1) is 32.9 Å². The molecule has 5 rings (SSSR count). The van der Waals surface area contributed by atoms with Gasteiger partial charge >= 0.3 is 0 Å². The maximum absolute atomic E-state index is 10.8. The van der Waals surface area contributed by atoms with Crippen molar-refractivity contribution in [3.63, 3.8) is 0 Å². The Morgan fingerprint density at radius 1 is 1.03 bits per heavy atom. The molecule has 8 nitrogen and oxygen atoms in total. The highest BCUT2D eigenvalue weighted by atomic mass is 16.7. The number of benzene rings is 2. The van der Waals surface area contributed by atoms with Crippen molar-refractivity contribution in [3.05, 3.63) is 40.5 Å². The molecule has 0 saturated carbocycles. The summed E-state index contributed by atoms with van der Waals surface area (Å²) in [6, 6.07) is 5.61. The van der Waals surface area contributed by atoms with Crippen LogP contribution >= 0.6 is 0 Å². The zero-order valence-corrected chi connectivity index (χ0v) is 17.4. The highest BCUT2D eigenvalue weighted by molar-refractivity contribution is 5.63. The molecule has 3 heterocycles. The molecule has 8 heteroatoms. The van der Waals surface area contributed by atoms with Gasteiger partial charge < -0.3 is 33.5 Å². The van der Waals surface area contributed by atoms with Gasteiger partial charge in [0.25, 0.3) is 0 Å². The van der Waals surface area contributed by atoms with Crippen LogP contribution in [0, 0.1) is 0 Å². The van der Waals surface area contributed by atoms with Gasteiger partial charge in [0.1, 0.15) is 6.10 Å². The number of hydrogen-bond donors (Lipinski definition) is 1. The fourth-order valence-corrected chi connectivity index (χ4v) is 4.84. The molecule has 0 bridgehead atoms. The van der Waals surface area contributed by atoms with Gasteiger partial charge in [-0.1, -0.05) is 6.07 Å². The maximum Gasteiger partial charge on any atom is 0.231 e. The molecule has 1 N–H and O–H groups in total. The average molecular weight is 415 g/mol. The Morgan fingerprint density at radius 3 is 2.57 bits per heavy atom. The lowest BCUT2D eigenvalue weighted by Gasteiger charge is -2.39. The van der Waals surface area contributed by atoms with Crippen LogP contribution in [0.15, 0.2) is 18.2 Å². The summed E-state index contributed by atoms with van der Waals surface area (Å²) in [4.78, 5) is 2.22. The smallest absolute Gasteiger partial charge is 0.231 e. The van der Waals surface area contributed by atoms with E-state index >= 15 is 0 Å². The highest BCUT2D eigenvalue weighted by Gasteiger charge is 2.45. The number of fused-ring (bicyclic) bond motifs is 3. The first kappa shape index (κ1) is 19.3. The summed E-state index contributed by atoms with van der Waals surface area (Å²) in [5.74, 6) is 3.01. The SMILES string of the molecule is COc1ccc2c(c1OC)[C@@H](O)O[C@@H]2[C@H]1c2c(cc3c(c2OC)OCO3)CCN1C. The number of methoxy groups -OCH3 is 3. The molecule has 30 heavy (non-hydrogen) atoms. The van der Waals surface area contributed by atoms with Crippen molar-refractivity contribution in [3.8, 4) is 28.7 Å². The predicted octanol–water partition coefficient (Wildman–Crippen LogP) is 2.73. The lowest BCUT2D eigenvalue weighted by molar-refractivity contribution is -0.142. The van der Waals surface area contributed by atoms with Gasteiger partial charge in [0.15, 0.2) is 29.3 Å².